The molecule has 1 fully saturated rings. The van der Waals surface area contributed by atoms with E-state index in [4.69, 9.17) is 5.53 Å². The highest BCUT2D eigenvalue weighted by molar-refractivity contribution is 5.25. The Morgan fingerprint density at radius 2 is 1.93 bits per heavy atom. The van der Waals surface area contributed by atoms with Gasteiger partial charge in [-0.25, -0.2) is 8.78 Å². The fourth-order valence-electron chi connectivity index (χ4n) is 1.65. The summed E-state index contributed by atoms with van der Waals surface area (Å²) in [5, 5.41) is 3.48. The lowest BCUT2D eigenvalue weighted by Crippen LogP contribution is -2.03. The van der Waals surface area contributed by atoms with Gasteiger partial charge in [0.2, 0.25) is 0 Å². The number of rotatable bonds is 3. The Hall–Kier alpha value is -1.61. The van der Waals surface area contributed by atoms with Gasteiger partial charge in [-0.1, -0.05) is 11.2 Å². The molecule has 0 spiro atoms. The highest BCUT2D eigenvalue weighted by Crippen LogP contribution is 2.44. The smallest absolute Gasteiger partial charge is 0.129 e. The molecule has 0 saturated heterocycles. The lowest BCUT2D eigenvalue weighted by Gasteiger charge is -2.11. The van der Waals surface area contributed by atoms with Gasteiger partial charge in [0.15, 0.2) is 0 Å². The molecule has 15 heavy (non-hydrogen) atoms. The summed E-state index contributed by atoms with van der Waals surface area (Å²) in [5.74, 6) is -1.19. The second kappa shape index (κ2) is 3.87. The first-order valence-corrected chi connectivity index (χ1v) is 4.72. The van der Waals surface area contributed by atoms with E-state index in [0.29, 0.717) is 0 Å². The number of azide groups is 1. The van der Waals surface area contributed by atoms with Crippen LogP contribution in [0, 0.1) is 17.6 Å². The lowest BCUT2D eigenvalue weighted by molar-refractivity contribution is 0.502. The van der Waals surface area contributed by atoms with Crippen LogP contribution in [0.2, 0.25) is 0 Å². The van der Waals surface area contributed by atoms with Gasteiger partial charge in [0.05, 0.1) is 6.04 Å². The molecule has 5 heteroatoms. The number of halogens is 2. The zero-order valence-electron chi connectivity index (χ0n) is 7.90. The van der Waals surface area contributed by atoms with E-state index in [1.165, 1.54) is 18.2 Å². The first-order valence-electron chi connectivity index (χ1n) is 4.72. The molecule has 0 N–H and O–H groups in total. The van der Waals surface area contributed by atoms with E-state index >= 15 is 0 Å². The predicted octanol–water partition coefficient (Wildman–Crippen LogP) is 3.73. The third kappa shape index (κ3) is 1.92. The number of nitrogens with zero attached hydrogens (tertiary/aromatic N) is 3. The quantitative estimate of drug-likeness (QED) is 0.413. The van der Waals surface area contributed by atoms with E-state index in [1.807, 2.05) is 0 Å². The van der Waals surface area contributed by atoms with Gasteiger partial charge in [-0.2, -0.15) is 0 Å². The van der Waals surface area contributed by atoms with Crippen LogP contribution in [0.15, 0.2) is 23.3 Å². The van der Waals surface area contributed by atoms with Crippen molar-refractivity contribution in [3.8, 4) is 0 Å². The van der Waals surface area contributed by atoms with E-state index in [0.717, 1.165) is 12.8 Å². The van der Waals surface area contributed by atoms with Crippen LogP contribution in [-0.4, -0.2) is 0 Å². The largest absolute Gasteiger partial charge is 0.207 e. The third-order valence-electron chi connectivity index (χ3n) is 2.54. The summed E-state index contributed by atoms with van der Waals surface area (Å²) in [6.07, 6.45) is 1.72. The Morgan fingerprint density at radius 1 is 1.33 bits per heavy atom. The topological polar surface area (TPSA) is 48.8 Å². The summed E-state index contributed by atoms with van der Waals surface area (Å²) in [5.41, 5.74) is 8.27. The normalized spacial score (nSPS) is 16.9. The molecular weight excluding hydrogens is 200 g/mol. The van der Waals surface area contributed by atoms with Crippen LogP contribution in [0.4, 0.5) is 8.78 Å². The number of hydrogen-bond donors (Lipinski definition) is 0. The molecule has 1 aliphatic rings. The Labute approximate surface area is 85.4 Å². The van der Waals surface area contributed by atoms with Crippen LogP contribution in [-0.2, 0) is 0 Å². The number of benzene rings is 1. The molecule has 1 unspecified atom stereocenters. The van der Waals surface area contributed by atoms with Gasteiger partial charge in [-0.05, 0) is 36.4 Å². The standard InChI is InChI=1S/C10H9F2N3/c11-7-2-1-3-8(12)9(7)10(14-15-13)6-4-5-6/h1-3,6,10H,4-5H2. The first kappa shape index (κ1) is 9.93. The predicted molar refractivity (Wildman–Crippen MR) is 51.0 cm³/mol. The van der Waals surface area contributed by atoms with Crippen molar-refractivity contribution in [1.29, 1.82) is 0 Å². The lowest BCUT2D eigenvalue weighted by atomic mass is 10.0. The highest BCUT2D eigenvalue weighted by atomic mass is 19.1. The highest BCUT2D eigenvalue weighted by Gasteiger charge is 2.34. The van der Waals surface area contributed by atoms with Crippen LogP contribution < -0.4 is 0 Å². The van der Waals surface area contributed by atoms with Crippen molar-refractivity contribution in [2.45, 2.75) is 18.9 Å². The van der Waals surface area contributed by atoms with Crippen molar-refractivity contribution in [3.05, 3.63) is 45.8 Å². The van der Waals surface area contributed by atoms with Crippen LogP contribution in [0.3, 0.4) is 0 Å². The maximum Gasteiger partial charge on any atom is 0.129 e. The molecule has 0 radical (unpaired) electrons. The van der Waals surface area contributed by atoms with Gasteiger partial charge < -0.3 is 0 Å². The van der Waals surface area contributed by atoms with Gasteiger partial charge in [-0.3, -0.25) is 0 Å². The molecule has 1 aromatic rings. The van der Waals surface area contributed by atoms with E-state index in [1.54, 1.807) is 0 Å². The van der Waals surface area contributed by atoms with Crippen LogP contribution in [0.5, 0.6) is 0 Å². The Balaban J connectivity index is 2.44. The second-order valence-corrected chi connectivity index (χ2v) is 3.62. The van der Waals surface area contributed by atoms with Gasteiger partial charge in [-0.15, -0.1) is 0 Å². The van der Waals surface area contributed by atoms with Crippen LogP contribution >= 0.6 is 0 Å². The van der Waals surface area contributed by atoms with E-state index in [2.05, 4.69) is 10.0 Å². The molecule has 1 atom stereocenters. The monoisotopic (exact) mass is 209 g/mol. The SMILES string of the molecule is [N-]=[N+]=NC(c1c(F)cccc1F)C1CC1. The fraction of sp³-hybridized carbons (Fsp3) is 0.400. The molecule has 3 nitrogen and oxygen atoms in total. The van der Waals surface area contributed by atoms with Crippen molar-refractivity contribution in [2.75, 3.05) is 0 Å². The van der Waals surface area contributed by atoms with E-state index in [-0.39, 0.29) is 11.5 Å². The summed E-state index contributed by atoms with van der Waals surface area (Å²) < 4.78 is 26.8. The minimum atomic E-state index is -0.698. The molecule has 0 amide bonds. The van der Waals surface area contributed by atoms with Gasteiger partial charge in [0.25, 0.3) is 0 Å². The van der Waals surface area contributed by atoms with E-state index in [9.17, 15) is 8.78 Å². The van der Waals surface area contributed by atoms with Crippen molar-refractivity contribution in [3.63, 3.8) is 0 Å². The molecule has 1 aliphatic carbocycles. The average molecular weight is 209 g/mol. The summed E-state index contributed by atoms with van der Waals surface area (Å²) in [6.45, 7) is 0. The third-order valence-corrected chi connectivity index (χ3v) is 2.54. The first-order chi connectivity index (χ1) is 7.24. The molecule has 1 aromatic carbocycles. The van der Waals surface area contributed by atoms with Gasteiger partial charge in [0, 0.05) is 10.5 Å². The Kier molecular flexibility index (Phi) is 2.56. The molecule has 0 bridgehead atoms. The maximum atomic E-state index is 13.4. The summed E-state index contributed by atoms with van der Waals surface area (Å²) >= 11 is 0. The maximum absolute atomic E-state index is 13.4. The number of hydrogen-bond acceptors (Lipinski definition) is 1. The van der Waals surface area contributed by atoms with Crippen molar-refractivity contribution in [1.82, 2.24) is 0 Å². The summed E-state index contributed by atoms with van der Waals surface area (Å²) in [4.78, 5) is 2.65. The average Bonchev–Trinajstić information content (AvgIpc) is 2.99. The van der Waals surface area contributed by atoms with Gasteiger partial charge >= 0.3 is 0 Å². The minimum Gasteiger partial charge on any atom is -0.207 e. The second-order valence-electron chi connectivity index (χ2n) is 3.62. The molecule has 0 aromatic heterocycles. The van der Waals surface area contributed by atoms with Crippen molar-refractivity contribution < 1.29 is 8.78 Å². The Bertz CT molecular complexity index is 402. The zero-order valence-corrected chi connectivity index (χ0v) is 7.90. The molecule has 0 aliphatic heterocycles. The molecule has 1 saturated carbocycles. The van der Waals surface area contributed by atoms with Crippen LogP contribution in [0.25, 0.3) is 10.4 Å². The molecule has 0 heterocycles. The van der Waals surface area contributed by atoms with Crippen LogP contribution in [0.1, 0.15) is 24.4 Å². The minimum absolute atomic E-state index is 0.0901. The summed E-state index contributed by atoms with van der Waals surface area (Å²) in [6, 6.07) is 2.96. The molecule has 78 valence electrons. The zero-order chi connectivity index (χ0) is 10.8. The Morgan fingerprint density at radius 3 is 2.40 bits per heavy atom. The van der Waals surface area contributed by atoms with E-state index < -0.39 is 17.7 Å². The van der Waals surface area contributed by atoms with Crippen molar-refractivity contribution in [2.24, 2.45) is 11.0 Å². The summed E-state index contributed by atoms with van der Waals surface area (Å²) in [7, 11) is 0. The fourth-order valence-corrected chi connectivity index (χ4v) is 1.65. The van der Waals surface area contributed by atoms with Crippen molar-refractivity contribution >= 4 is 0 Å². The molecular formula is C10H9F2N3. The molecule has 2 rings (SSSR count). The van der Waals surface area contributed by atoms with Gasteiger partial charge in [0.1, 0.15) is 11.6 Å².